The summed E-state index contributed by atoms with van der Waals surface area (Å²) in [6.07, 6.45) is 4.42. The maximum Gasteiger partial charge on any atom is 0.0209 e. The molecule has 0 N–H and O–H groups in total. The van der Waals surface area contributed by atoms with Crippen molar-refractivity contribution in [3.05, 3.63) is 0 Å². The van der Waals surface area contributed by atoms with Crippen LogP contribution in [0, 0.1) is 11.8 Å². The first kappa shape index (κ1) is 16.1. The zero-order valence-electron chi connectivity index (χ0n) is 11.1. The van der Waals surface area contributed by atoms with E-state index in [1.54, 1.807) is 4.31 Å². The fraction of sp³-hybridized carbons (Fsp3) is 1.00. The molecule has 0 aliphatic rings. The van der Waals surface area contributed by atoms with Crippen molar-refractivity contribution in [1.82, 2.24) is 4.31 Å². The van der Waals surface area contributed by atoms with Gasteiger partial charge in [0.1, 0.15) is 0 Å². The van der Waals surface area contributed by atoms with Gasteiger partial charge in [0.25, 0.3) is 0 Å². The molecule has 0 rings (SSSR count). The van der Waals surface area contributed by atoms with E-state index in [9.17, 15) is 8.76 Å². The van der Waals surface area contributed by atoms with Gasteiger partial charge < -0.3 is 4.55 Å². The molecule has 0 fully saturated rings. The number of rotatable bonds is 9. The summed E-state index contributed by atoms with van der Waals surface area (Å²) in [7, 11) is 0. The molecular formula is C12H26NO2S-. The number of nitrogens with zero attached hydrogens (tertiary/aromatic N) is 1. The van der Waals surface area contributed by atoms with Gasteiger partial charge in [-0.25, -0.2) is 4.31 Å². The summed E-state index contributed by atoms with van der Waals surface area (Å²) in [5.41, 5.74) is 0. The molecule has 3 nitrogen and oxygen atoms in total. The molecule has 0 heterocycles. The summed E-state index contributed by atoms with van der Waals surface area (Å²) < 4.78 is 23.8. The Morgan fingerprint density at radius 1 is 1.06 bits per heavy atom. The van der Waals surface area contributed by atoms with Crippen molar-refractivity contribution in [3.8, 4) is 0 Å². The second kappa shape index (κ2) is 9.14. The third-order valence-corrected chi connectivity index (χ3v) is 3.52. The molecule has 0 aromatic heterocycles. The largest absolute Gasteiger partial charge is 0.760 e. The summed E-state index contributed by atoms with van der Waals surface area (Å²) in [5.74, 6) is 0.911. The molecular weight excluding hydrogens is 222 g/mol. The van der Waals surface area contributed by atoms with Gasteiger partial charge in [0.2, 0.25) is 0 Å². The lowest BCUT2D eigenvalue weighted by Crippen LogP contribution is -2.34. The monoisotopic (exact) mass is 248 g/mol. The van der Waals surface area contributed by atoms with Crippen molar-refractivity contribution in [3.63, 3.8) is 0 Å². The molecule has 0 bridgehead atoms. The highest BCUT2D eigenvalue weighted by molar-refractivity contribution is 7.76. The van der Waals surface area contributed by atoms with Crippen molar-refractivity contribution in [2.24, 2.45) is 11.8 Å². The fourth-order valence-electron chi connectivity index (χ4n) is 2.06. The normalized spacial score (nSPS) is 17.4. The quantitative estimate of drug-likeness (QED) is 0.589. The summed E-state index contributed by atoms with van der Waals surface area (Å²) in [6, 6.07) is 0. The Balaban J connectivity index is 4.11. The minimum absolute atomic E-state index is 0.455. The van der Waals surface area contributed by atoms with E-state index in [-0.39, 0.29) is 0 Å². The van der Waals surface area contributed by atoms with Crippen molar-refractivity contribution < 1.29 is 8.76 Å². The van der Waals surface area contributed by atoms with E-state index >= 15 is 0 Å². The van der Waals surface area contributed by atoms with E-state index in [2.05, 4.69) is 27.7 Å². The SMILES string of the molecule is CCCC(C)CN(CC(C)CCC)S(=O)[O-]. The van der Waals surface area contributed by atoms with Crippen LogP contribution in [0.15, 0.2) is 0 Å². The highest BCUT2D eigenvalue weighted by atomic mass is 32.2. The third-order valence-electron chi connectivity index (χ3n) is 2.80. The van der Waals surface area contributed by atoms with Crippen LogP contribution in [0.2, 0.25) is 0 Å². The molecule has 0 aliphatic heterocycles. The molecule has 4 heteroatoms. The minimum Gasteiger partial charge on any atom is -0.760 e. The Bertz CT molecular complexity index is 185. The van der Waals surface area contributed by atoms with Crippen LogP contribution in [-0.2, 0) is 11.3 Å². The third kappa shape index (κ3) is 7.36. The average molecular weight is 248 g/mol. The number of hydrogen-bond acceptors (Lipinski definition) is 2. The highest BCUT2D eigenvalue weighted by Crippen LogP contribution is 2.13. The molecule has 16 heavy (non-hydrogen) atoms. The first-order valence-corrected chi connectivity index (χ1v) is 7.38. The van der Waals surface area contributed by atoms with Gasteiger partial charge in [-0.1, -0.05) is 40.5 Å². The topological polar surface area (TPSA) is 43.4 Å². The van der Waals surface area contributed by atoms with Gasteiger partial charge in [-0.15, -0.1) is 0 Å². The first-order valence-electron chi connectivity index (χ1n) is 6.35. The average Bonchev–Trinajstić information content (AvgIpc) is 2.17. The van der Waals surface area contributed by atoms with Gasteiger partial charge in [0.15, 0.2) is 0 Å². The summed E-state index contributed by atoms with van der Waals surface area (Å²) in [4.78, 5) is 0. The van der Waals surface area contributed by atoms with Gasteiger partial charge in [0.05, 0.1) is 0 Å². The summed E-state index contributed by atoms with van der Waals surface area (Å²) >= 11 is -2.07. The molecule has 0 aromatic rings. The Kier molecular flexibility index (Phi) is 9.18. The zero-order valence-corrected chi connectivity index (χ0v) is 11.9. The predicted molar refractivity (Wildman–Crippen MR) is 68.6 cm³/mol. The van der Waals surface area contributed by atoms with Crippen molar-refractivity contribution >= 4 is 11.3 Å². The Morgan fingerprint density at radius 2 is 1.44 bits per heavy atom. The van der Waals surface area contributed by atoms with Gasteiger partial charge in [-0.3, -0.25) is 4.21 Å². The van der Waals surface area contributed by atoms with E-state index < -0.39 is 11.3 Å². The maximum atomic E-state index is 11.1. The van der Waals surface area contributed by atoms with Crippen LogP contribution in [0.1, 0.15) is 53.4 Å². The zero-order chi connectivity index (χ0) is 12.6. The van der Waals surface area contributed by atoms with Crippen LogP contribution in [0.3, 0.4) is 0 Å². The van der Waals surface area contributed by atoms with E-state index in [0.29, 0.717) is 24.9 Å². The molecule has 0 aliphatic carbocycles. The molecule has 3 unspecified atom stereocenters. The Hall–Kier alpha value is 0.0700. The van der Waals surface area contributed by atoms with Crippen molar-refractivity contribution in [2.75, 3.05) is 13.1 Å². The predicted octanol–water partition coefficient (Wildman–Crippen LogP) is 2.95. The standard InChI is InChI=1S/C12H27NO2S/c1-5-7-11(3)9-13(16(14)15)10-12(4)8-6-2/h11-12H,5-10H2,1-4H3,(H,14,15)/p-1. The molecule has 0 radical (unpaired) electrons. The van der Waals surface area contributed by atoms with Crippen LogP contribution in [0.4, 0.5) is 0 Å². The van der Waals surface area contributed by atoms with E-state index in [4.69, 9.17) is 0 Å². The lowest BCUT2D eigenvalue weighted by molar-refractivity contribution is 0.291. The molecule has 3 atom stereocenters. The van der Waals surface area contributed by atoms with E-state index in [1.807, 2.05) is 0 Å². The van der Waals surface area contributed by atoms with Crippen LogP contribution in [-0.4, -0.2) is 26.2 Å². The van der Waals surface area contributed by atoms with Gasteiger partial charge in [-0.05, 0) is 24.7 Å². The second-order valence-corrected chi connectivity index (χ2v) is 5.80. The Labute approximate surface area is 103 Å². The molecule has 0 aromatic carbocycles. The molecule has 0 saturated heterocycles. The summed E-state index contributed by atoms with van der Waals surface area (Å²) in [5, 5.41) is 0. The Morgan fingerprint density at radius 3 is 1.69 bits per heavy atom. The van der Waals surface area contributed by atoms with Gasteiger partial charge in [-0.2, -0.15) is 0 Å². The summed E-state index contributed by atoms with van der Waals surface area (Å²) in [6.45, 7) is 9.83. The maximum absolute atomic E-state index is 11.1. The van der Waals surface area contributed by atoms with Crippen LogP contribution >= 0.6 is 0 Å². The molecule has 0 saturated carbocycles. The molecule has 0 spiro atoms. The second-order valence-electron chi connectivity index (χ2n) is 4.85. The fourth-order valence-corrected chi connectivity index (χ4v) is 2.81. The molecule has 98 valence electrons. The first-order chi connectivity index (χ1) is 7.51. The lowest BCUT2D eigenvalue weighted by Gasteiger charge is -2.29. The minimum atomic E-state index is -2.07. The van der Waals surface area contributed by atoms with Crippen LogP contribution in [0.25, 0.3) is 0 Å². The van der Waals surface area contributed by atoms with Crippen molar-refractivity contribution in [2.45, 2.75) is 53.4 Å². The highest BCUT2D eigenvalue weighted by Gasteiger charge is 2.13. The number of hydrogen-bond donors (Lipinski definition) is 0. The van der Waals surface area contributed by atoms with Gasteiger partial charge in [0, 0.05) is 24.4 Å². The van der Waals surface area contributed by atoms with Crippen LogP contribution < -0.4 is 0 Å². The van der Waals surface area contributed by atoms with Gasteiger partial charge >= 0.3 is 0 Å². The lowest BCUT2D eigenvalue weighted by atomic mass is 10.0. The van der Waals surface area contributed by atoms with Crippen LogP contribution in [0.5, 0.6) is 0 Å². The smallest absolute Gasteiger partial charge is 0.0209 e. The van der Waals surface area contributed by atoms with E-state index in [1.165, 1.54) is 0 Å². The van der Waals surface area contributed by atoms with E-state index in [0.717, 1.165) is 25.7 Å². The molecule has 0 amide bonds. The van der Waals surface area contributed by atoms with Crippen molar-refractivity contribution in [1.29, 1.82) is 0 Å².